The number of nitrogens with zero attached hydrogens (tertiary/aromatic N) is 1. The molecule has 5 nitrogen and oxygen atoms in total. The van der Waals surface area contributed by atoms with Crippen LogP contribution in [0.2, 0.25) is 5.02 Å². The normalized spacial score (nSPS) is 18.6. The molecule has 6 heteroatoms. The molecular formula is C14H19ClN2O3. The number of rotatable bonds is 4. The van der Waals surface area contributed by atoms with Crippen molar-refractivity contribution in [3.63, 3.8) is 0 Å². The number of hydrogen-bond donors (Lipinski definition) is 1. The molecule has 1 saturated heterocycles. The van der Waals surface area contributed by atoms with E-state index in [1.54, 1.807) is 31.2 Å². The number of methoxy groups -OCH3 is 1. The quantitative estimate of drug-likeness (QED) is 0.910. The zero-order valence-electron chi connectivity index (χ0n) is 11.7. The minimum atomic E-state index is -0.279. The molecule has 20 heavy (non-hydrogen) atoms. The van der Waals surface area contributed by atoms with E-state index in [-0.39, 0.29) is 11.9 Å². The van der Waals surface area contributed by atoms with E-state index in [0.717, 1.165) is 11.3 Å². The number of hydrogen-bond acceptors (Lipinski definition) is 4. The van der Waals surface area contributed by atoms with Crippen LogP contribution in [0.4, 0.5) is 0 Å². The Hall–Kier alpha value is -1.30. The lowest BCUT2D eigenvalue weighted by molar-refractivity contribution is -0.135. The number of carbonyl (C=O) groups excluding carboxylic acids is 1. The second-order valence-corrected chi connectivity index (χ2v) is 5.17. The lowest BCUT2D eigenvalue weighted by Crippen LogP contribution is -2.51. The number of amides is 1. The van der Waals surface area contributed by atoms with E-state index in [9.17, 15) is 4.79 Å². The van der Waals surface area contributed by atoms with Crippen molar-refractivity contribution < 1.29 is 14.3 Å². The summed E-state index contributed by atoms with van der Waals surface area (Å²) in [6.07, 6.45) is 0. The van der Waals surface area contributed by atoms with Crippen LogP contribution in [0.3, 0.4) is 0 Å². The Labute approximate surface area is 123 Å². The van der Waals surface area contributed by atoms with Crippen LogP contribution in [-0.2, 0) is 16.1 Å². The molecule has 0 bridgehead atoms. The molecule has 1 amide bonds. The van der Waals surface area contributed by atoms with Crippen molar-refractivity contribution in [3.8, 4) is 5.75 Å². The lowest BCUT2D eigenvalue weighted by Gasteiger charge is -2.28. The zero-order valence-corrected chi connectivity index (χ0v) is 12.4. The van der Waals surface area contributed by atoms with Crippen molar-refractivity contribution in [3.05, 3.63) is 28.8 Å². The van der Waals surface area contributed by atoms with Crippen LogP contribution >= 0.6 is 11.6 Å². The fourth-order valence-corrected chi connectivity index (χ4v) is 2.39. The van der Waals surface area contributed by atoms with Crippen molar-refractivity contribution in [2.24, 2.45) is 0 Å². The molecule has 1 aromatic rings. The molecule has 1 heterocycles. The Balaban J connectivity index is 2.04. The molecule has 1 aliphatic rings. The molecule has 1 atom stereocenters. The molecule has 0 radical (unpaired) electrons. The van der Waals surface area contributed by atoms with Gasteiger partial charge in [-0.2, -0.15) is 0 Å². The first kappa shape index (κ1) is 15.1. The third-order valence-corrected chi connectivity index (χ3v) is 3.48. The third-order valence-electron chi connectivity index (χ3n) is 3.25. The van der Waals surface area contributed by atoms with Crippen LogP contribution < -0.4 is 10.1 Å². The molecule has 0 aliphatic carbocycles. The van der Waals surface area contributed by atoms with Gasteiger partial charge in [0.25, 0.3) is 0 Å². The van der Waals surface area contributed by atoms with Crippen LogP contribution in [-0.4, -0.2) is 50.8 Å². The predicted molar refractivity (Wildman–Crippen MR) is 77.1 cm³/mol. The standard InChI is InChI=1S/C14H19ClN2O3/c1-17(14(18)12-9-20-6-5-16-12)8-10-7-11(15)3-4-13(10)19-2/h3-4,7,12,16H,5-6,8-9H2,1-2H3/t12-/m0/s1. The zero-order chi connectivity index (χ0) is 14.5. The van der Waals surface area contributed by atoms with Gasteiger partial charge in [-0.05, 0) is 18.2 Å². The largest absolute Gasteiger partial charge is 0.496 e. The topological polar surface area (TPSA) is 50.8 Å². The van der Waals surface area contributed by atoms with Crippen molar-refractivity contribution >= 4 is 17.5 Å². The van der Waals surface area contributed by atoms with Crippen molar-refractivity contribution in [1.82, 2.24) is 10.2 Å². The minimum Gasteiger partial charge on any atom is -0.496 e. The molecule has 2 rings (SSSR count). The van der Waals surface area contributed by atoms with Gasteiger partial charge in [-0.25, -0.2) is 0 Å². The molecule has 1 aromatic carbocycles. The number of nitrogens with one attached hydrogen (secondary N) is 1. The van der Waals surface area contributed by atoms with Crippen molar-refractivity contribution in [2.45, 2.75) is 12.6 Å². The molecule has 0 aromatic heterocycles. The van der Waals surface area contributed by atoms with Crippen molar-refractivity contribution in [1.29, 1.82) is 0 Å². The summed E-state index contributed by atoms with van der Waals surface area (Å²) in [6.45, 7) is 2.21. The third kappa shape index (κ3) is 3.62. The summed E-state index contributed by atoms with van der Waals surface area (Å²) >= 11 is 5.99. The summed E-state index contributed by atoms with van der Waals surface area (Å²) in [5.41, 5.74) is 0.882. The van der Waals surface area contributed by atoms with Crippen LogP contribution in [0.1, 0.15) is 5.56 Å². The van der Waals surface area contributed by atoms with Crippen molar-refractivity contribution in [2.75, 3.05) is 33.9 Å². The van der Waals surface area contributed by atoms with Gasteiger partial charge in [-0.3, -0.25) is 4.79 Å². The number of carbonyl (C=O) groups is 1. The van der Waals surface area contributed by atoms with Crippen LogP contribution in [0.25, 0.3) is 0 Å². The lowest BCUT2D eigenvalue weighted by atomic mass is 10.1. The van der Waals surface area contributed by atoms with E-state index in [2.05, 4.69) is 5.32 Å². The number of halogens is 1. The minimum absolute atomic E-state index is 0.00623. The van der Waals surface area contributed by atoms with Gasteiger partial charge in [-0.1, -0.05) is 11.6 Å². The maximum atomic E-state index is 12.3. The van der Waals surface area contributed by atoms with Crippen LogP contribution in [0.5, 0.6) is 5.75 Å². The highest BCUT2D eigenvalue weighted by molar-refractivity contribution is 6.30. The van der Waals surface area contributed by atoms with Gasteiger partial charge in [0.05, 0.1) is 20.3 Å². The van der Waals surface area contributed by atoms with E-state index < -0.39 is 0 Å². The average Bonchev–Trinajstić information content (AvgIpc) is 2.47. The Kier molecular flexibility index (Phi) is 5.23. The monoisotopic (exact) mass is 298 g/mol. The number of benzene rings is 1. The van der Waals surface area contributed by atoms with Gasteiger partial charge in [0.15, 0.2) is 0 Å². The smallest absolute Gasteiger partial charge is 0.242 e. The summed E-state index contributed by atoms with van der Waals surface area (Å²) < 4.78 is 10.6. The number of ether oxygens (including phenoxy) is 2. The highest BCUT2D eigenvalue weighted by Crippen LogP contribution is 2.23. The van der Waals surface area contributed by atoms with E-state index in [0.29, 0.717) is 31.3 Å². The molecule has 110 valence electrons. The maximum Gasteiger partial charge on any atom is 0.242 e. The summed E-state index contributed by atoms with van der Waals surface area (Å²) in [7, 11) is 3.37. The number of likely N-dealkylation sites (N-methyl/N-ethyl adjacent to an activating group) is 1. The SMILES string of the molecule is COc1ccc(Cl)cc1CN(C)C(=O)[C@@H]1COCCN1. The maximum absolute atomic E-state index is 12.3. The second-order valence-electron chi connectivity index (χ2n) is 4.73. The van der Waals surface area contributed by atoms with Gasteiger partial charge in [0, 0.05) is 30.7 Å². The van der Waals surface area contributed by atoms with Crippen LogP contribution in [0, 0.1) is 0 Å². The Morgan fingerprint density at radius 1 is 1.60 bits per heavy atom. The Bertz CT molecular complexity index is 475. The fourth-order valence-electron chi connectivity index (χ4n) is 2.19. The second kappa shape index (κ2) is 6.92. The molecule has 0 saturated carbocycles. The van der Waals surface area contributed by atoms with E-state index >= 15 is 0 Å². The summed E-state index contributed by atoms with van der Waals surface area (Å²) in [5, 5.41) is 3.78. The van der Waals surface area contributed by atoms with Gasteiger partial charge < -0.3 is 19.7 Å². The first-order valence-corrected chi connectivity index (χ1v) is 6.88. The molecular weight excluding hydrogens is 280 g/mol. The van der Waals surface area contributed by atoms with Gasteiger partial charge in [0.2, 0.25) is 5.91 Å². The molecule has 0 spiro atoms. The van der Waals surface area contributed by atoms with E-state index in [1.165, 1.54) is 0 Å². The summed E-state index contributed by atoms with van der Waals surface area (Å²) in [5.74, 6) is 0.730. The van der Waals surface area contributed by atoms with Gasteiger partial charge >= 0.3 is 0 Å². The number of morpholine rings is 1. The molecule has 0 unspecified atom stereocenters. The van der Waals surface area contributed by atoms with E-state index in [1.807, 2.05) is 6.07 Å². The molecule has 1 aliphatic heterocycles. The summed E-state index contributed by atoms with van der Waals surface area (Å²) in [4.78, 5) is 13.9. The Morgan fingerprint density at radius 3 is 3.05 bits per heavy atom. The molecule has 1 N–H and O–H groups in total. The summed E-state index contributed by atoms with van der Waals surface area (Å²) in [6, 6.07) is 5.11. The fraction of sp³-hybridized carbons (Fsp3) is 0.500. The first-order valence-electron chi connectivity index (χ1n) is 6.50. The first-order chi connectivity index (χ1) is 9.61. The molecule has 1 fully saturated rings. The Morgan fingerprint density at radius 2 is 2.40 bits per heavy atom. The highest BCUT2D eigenvalue weighted by Gasteiger charge is 2.24. The van der Waals surface area contributed by atoms with Gasteiger partial charge in [-0.15, -0.1) is 0 Å². The van der Waals surface area contributed by atoms with E-state index in [4.69, 9.17) is 21.1 Å². The van der Waals surface area contributed by atoms with Gasteiger partial charge in [0.1, 0.15) is 11.8 Å². The average molecular weight is 299 g/mol. The predicted octanol–water partition coefficient (Wildman–Crippen LogP) is 1.30. The van der Waals surface area contributed by atoms with Crippen LogP contribution in [0.15, 0.2) is 18.2 Å². The highest BCUT2D eigenvalue weighted by atomic mass is 35.5.